The molecular weight excluding hydrogens is 276 g/mol. The van der Waals surface area contributed by atoms with E-state index >= 15 is 0 Å². The standard InChI is InChI=1S/C14H18N2O3S/c1-4-19-13(17)9(2)8-20-14-15-11-6-5-10(18-3)7-12(11)16-14/h5-7,9H,4,8H2,1-3H3,(H,15,16). The van der Waals surface area contributed by atoms with Gasteiger partial charge in [0.25, 0.3) is 0 Å². The second-order valence-electron chi connectivity index (χ2n) is 4.39. The maximum Gasteiger partial charge on any atom is 0.309 e. The van der Waals surface area contributed by atoms with Gasteiger partial charge in [-0.05, 0) is 19.1 Å². The summed E-state index contributed by atoms with van der Waals surface area (Å²) >= 11 is 1.51. The molecule has 1 atom stereocenters. The highest BCUT2D eigenvalue weighted by atomic mass is 32.2. The Morgan fingerprint density at radius 1 is 1.50 bits per heavy atom. The Balaban J connectivity index is 2.01. The Morgan fingerprint density at radius 3 is 3.00 bits per heavy atom. The first-order valence-electron chi connectivity index (χ1n) is 6.47. The van der Waals surface area contributed by atoms with Gasteiger partial charge in [-0.3, -0.25) is 4.79 Å². The third-order valence-electron chi connectivity index (χ3n) is 2.83. The Hall–Kier alpha value is -1.69. The number of ether oxygens (including phenoxy) is 2. The minimum absolute atomic E-state index is 0.150. The van der Waals surface area contributed by atoms with Crippen molar-refractivity contribution in [1.82, 2.24) is 9.97 Å². The van der Waals surface area contributed by atoms with Gasteiger partial charge < -0.3 is 14.5 Å². The van der Waals surface area contributed by atoms with Gasteiger partial charge in [0.1, 0.15) is 5.75 Å². The molecule has 0 saturated carbocycles. The molecule has 0 saturated heterocycles. The van der Waals surface area contributed by atoms with Gasteiger partial charge in [0.2, 0.25) is 0 Å². The highest BCUT2D eigenvalue weighted by Crippen LogP contribution is 2.24. The molecule has 1 unspecified atom stereocenters. The van der Waals surface area contributed by atoms with Gasteiger partial charge in [-0.1, -0.05) is 18.7 Å². The lowest BCUT2D eigenvalue weighted by Crippen LogP contribution is -2.16. The summed E-state index contributed by atoms with van der Waals surface area (Å²) in [6.45, 7) is 4.08. The van der Waals surface area contributed by atoms with E-state index in [4.69, 9.17) is 9.47 Å². The Bertz CT molecular complexity index is 597. The number of carbonyl (C=O) groups excluding carboxylic acids is 1. The number of esters is 1. The first kappa shape index (κ1) is 14.7. The molecule has 20 heavy (non-hydrogen) atoms. The van der Waals surface area contributed by atoms with E-state index in [2.05, 4.69) is 9.97 Å². The van der Waals surface area contributed by atoms with Crippen LogP contribution in [0.5, 0.6) is 5.75 Å². The number of nitrogens with zero attached hydrogens (tertiary/aromatic N) is 1. The van der Waals surface area contributed by atoms with Crippen LogP contribution in [0.3, 0.4) is 0 Å². The molecule has 2 aromatic rings. The molecule has 0 spiro atoms. The summed E-state index contributed by atoms with van der Waals surface area (Å²) in [5.74, 6) is 1.11. The van der Waals surface area contributed by atoms with Crippen molar-refractivity contribution < 1.29 is 14.3 Å². The van der Waals surface area contributed by atoms with Crippen LogP contribution >= 0.6 is 11.8 Å². The van der Waals surface area contributed by atoms with Crippen LogP contribution in [0.2, 0.25) is 0 Å². The van der Waals surface area contributed by atoms with Crippen molar-refractivity contribution >= 4 is 28.8 Å². The fourth-order valence-electron chi connectivity index (χ4n) is 1.72. The maximum atomic E-state index is 11.5. The lowest BCUT2D eigenvalue weighted by molar-refractivity contribution is -0.146. The second kappa shape index (κ2) is 6.65. The number of thioether (sulfide) groups is 1. The van der Waals surface area contributed by atoms with Crippen molar-refractivity contribution in [1.29, 1.82) is 0 Å². The molecular formula is C14H18N2O3S. The van der Waals surface area contributed by atoms with Gasteiger partial charge in [-0.2, -0.15) is 0 Å². The molecule has 1 aromatic carbocycles. The average Bonchev–Trinajstić information content (AvgIpc) is 2.86. The summed E-state index contributed by atoms with van der Waals surface area (Å²) in [7, 11) is 1.63. The van der Waals surface area contributed by atoms with Crippen molar-refractivity contribution in [3.8, 4) is 5.75 Å². The molecule has 0 aliphatic rings. The van der Waals surface area contributed by atoms with Crippen molar-refractivity contribution in [3.63, 3.8) is 0 Å². The highest BCUT2D eigenvalue weighted by molar-refractivity contribution is 7.99. The first-order valence-corrected chi connectivity index (χ1v) is 7.45. The average molecular weight is 294 g/mol. The number of rotatable bonds is 6. The molecule has 0 amide bonds. The highest BCUT2D eigenvalue weighted by Gasteiger charge is 2.15. The summed E-state index contributed by atoms with van der Waals surface area (Å²) in [5, 5.41) is 0.796. The molecule has 1 heterocycles. The van der Waals surface area contributed by atoms with Crippen LogP contribution in [0.25, 0.3) is 11.0 Å². The lowest BCUT2D eigenvalue weighted by atomic mass is 10.2. The Morgan fingerprint density at radius 2 is 2.30 bits per heavy atom. The molecule has 0 aliphatic carbocycles. The number of H-pyrrole nitrogens is 1. The van der Waals surface area contributed by atoms with Gasteiger partial charge in [-0.15, -0.1) is 0 Å². The molecule has 0 bridgehead atoms. The van der Waals surface area contributed by atoms with Crippen molar-refractivity contribution in [2.45, 2.75) is 19.0 Å². The van der Waals surface area contributed by atoms with Crippen molar-refractivity contribution in [2.75, 3.05) is 19.5 Å². The van der Waals surface area contributed by atoms with E-state index in [1.54, 1.807) is 7.11 Å². The molecule has 1 aromatic heterocycles. The number of nitrogens with one attached hydrogen (secondary N) is 1. The predicted molar refractivity (Wildman–Crippen MR) is 79.2 cm³/mol. The number of benzene rings is 1. The SMILES string of the molecule is CCOC(=O)C(C)CSc1nc2ccc(OC)cc2[nH]1. The van der Waals surface area contributed by atoms with Crippen molar-refractivity contribution in [2.24, 2.45) is 5.92 Å². The maximum absolute atomic E-state index is 11.5. The summed E-state index contributed by atoms with van der Waals surface area (Å²) in [5.41, 5.74) is 1.81. The van der Waals surface area contributed by atoms with E-state index in [0.717, 1.165) is 21.9 Å². The molecule has 5 nitrogen and oxygen atoms in total. The van der Waals surface area contributed by atoms with Gasteiger partial charge >= 0.3 is 5.97 Å². The molecule has 0 fully saturated rings. The second-order valence-corrected chi connectivity index (χ2v) is 5.40. The zero-order valence-electron chi connectivity index (χ0n) is 11.8. The number of carbonyl (C=O) groups is 1. The van der Waals surface area contributed by atoms with Gasteiger partial charge in [-0.25, -0.2) is 4.98 Å². The zero-order valence-corrected chi connectivity index (χ0v) is 12.6. The van der Waals surface area contributed by atoms with Crippen LogP contribution in [-0.2, 0) is 9.53 Å². The van der Waals surface area contributed by atoms with E-state index in [0.29, 0.717) is 12.4 Å². The largest absolute Gasteiger partial charge is 0.497 e. The third kappa shape index (κ3) is 3.45. The molecule has 108 valence electrons. The molecule has 0 radical (unpaired) electrons. The van der Waals surface area contributed by atoms with E-state index in [9.17, 15) is 4.79 Å². The monoisotopic (exact) mass is 294 g/mol. The minimum Gasteiger partial charge on any atom is -0.497 e. The van der Waals surface area contributed by atoms with Crippen molar-refractivity contribution in [3.05, 3.63) is 18.2 Å². The topological polar surface area (TPSA) is 64.2 Å². The summed E-state index contributed by atoms with van der Waals surface area (Å²) in [4.78, 5) is 19.2. The molecule has 6 heteroatoms. The van der Waals surface area contributed by atoms with Gasteiger partial charge in [0, 0.05) is 11.8 Å². The van der Waals surface area contributed by atoms with Gasteiger partial charge in [0.15, 0.2) is 5.16 Å². The van der Waals surface area contributed by atoms with E-state index in [1.165, 1.54) is 11.8 Å². The van der Waals surface area contributed by atoms with Crippen LogP contribution in [0.4, 0.5) is 0 Å². The summed E-state index contributed by atoms with van der Waals surface area (Å²) in [6.07, 6.45) is 0. The first-order chi connectivity index (χ1) is 9.63. The zero-order chi connectivity index (χ0) is 14.5. The van der Waals surface area contributed by atoms with Crippen LogP contribution in [0.1, 0.15) is 13.8 Å². The molecule has 0 aliphatic heterocycles. The number of fused-ring (bicyclic) bond motifs is 1. The number of imidazole rings is 1. The fraction of sp³-hybridized carbons (Fsp3) is 0.429. The van der Waals surface area contributed by atoms with E-state index < -0.39 is 0 Å². The van der Waals surface area contributed by atoms with Crippen LogP contribution in [0, 0.1) is 5.92 Å². The quantitative estimate of drug-likeness (QED) is 0.655. The Labute approximate surface area is 122 Å². The lowest BCUT2D eigenvalue weighted by Gasteiger charge is -2.08. The minimum atomic E-state index is -0.169. The normalized spacial score (nSPS) is 12.3. The van der Waals surface area contributed by atoms with E-state index in [-0.39, 0.29) is 11.9 Å². The fourth-order valence-corrected chi connectivity index (χ4v) is 2.61. The Kier molecular flexibility index (Phi) is 4.89. The van der Waals surface area contributed by atoms with E-state index in [1.807, 2.05) is 32.0 Å². The van der Waals surface area contributed by atoms with Gasteiger partial charge in [0.05, 0.1) is 30.7 Å². The number of hydrogen-bond donors (Lipinski definition) is 1. The summed E-state index contributed by atoms with van der Waals surface area (Å²) in [6, 6.07) is 5.68. The number of hydrogen-bond acceptors (Lipinski definition) is 5. The van der Waals surface area contributed by atoms with Crippen LogP contribution in [0.15, 0.2) is 23.4 Å². The van der Waals surface area contributed by atoms with Crippen LogP contribution < -0.4 is 4.74 Å². The number of aromatic nitrogens is 2. The number of methoxy groups -OCH3 is 1. The van der Waals surface area contributed by atoms with Crippen LogP contribution in [-0.4, -0.2) is 35.4 Å². The molecule has 1 N–H and O–H groups in total. The molecule has 2 rings (SSSR count). The number of aromatic amines is 1. The predicted octanol–water partition coefficient (Wildman–Crippen LogP) is 2.86. The third-order valence-corrected chi connectivity index (χ3v) is 3.96. The summed E-state index contributed by atoms with van der Waals surface area (Å²) < 4.78 is 10.2. The smallest absolute Gasteiger partial charge is 0.309 e.